The third-order valence-corrected chi connectivity index (χ3v) is 13.6. The van der Waals surface area contributed by atoms with Gasteiger partial charge >= 0.3 is 143 Å². The van der Waals surface area contributed by atoms with Crippen LogP contribution in [-0.2, 0) is 25.0 Å². The number of hydrogen-bond donors (Lipinski definition) is 3. The van der Waals surface area contributed by atoms with Crippen LogP contribution in [0.25, 0.3) is 10.4 Å². The molecule has 204 valence electrons. The molecule has 0 aliphatic carbocycles. The van der Waals surface area contributed by atoms with Crippen molar-refractivity contribution in [2.24, 2.45) is 5.41 Å². The van der Waals surface area contributed by atoms with Gasteiger partial charge in [0.15, 0.2) is 0 Å². The van der Waals surface area contributed by atoms with E-state index >= 15 is 0 Å². The standard InChI is InChI=1S/C26H32N3O6PS2/c1-38(32,33)36(31)34-17-26(18-35-36)10-12-29(13-11-26)16-19-4-6-20(7-5-19)25(30)28-23-15-21(8-9-22(23)27)24-3-2-14-37-24/h2-9,14-15,31,36H,10-13,16-18,27H2,1H3,(H,28,30). The molecule has 5 rings (SSSR count). The number of anilines is 2. The molecule has 4 N–H and O–H groups in total. The first-order chi connectivity index (χ1) is 18.1. The quantitative estimate of drug-likeness (QED) is 0.292. The van der Waals surface area contributed by atoms with E-state index in [4.69, 9.17) is 14.8 Å². The van der Waals surface area contributed by atoms with Gasteiger partial charge in [-0.3, -0.25) is 4.79 Å². The summed E-state index contributed by atoms with van der Waals surface area (Å²) in [6.45, 7) is 2.72. The molecule has 2 saturated heterocycles. The fourth-order valence-electron chi connectivity index (χ4n) is 4.73. The Morgan fingerprint density at radius 3 is 2.42 bits per heavy atom. The average Bonchev–Trinajstić information content (AvgIpc) is 3.44. The van der Waals surface area contributed by atoms with E-state index in [1.807, 2.05) is 53.9 Å². The summed E-state index contributed by atoms with van der Waals surface area (Å²) in [5.41, 5.74) is 9.57. The first kappa shape index (κ1) is 27.2. The second-order valence-electron chi connectivity index (χ2n) is 10.1. The van der Waals surface area contributed by atoms with E-state index in [9.17, 15) is 18.1 Å². The van der Waals surface area contributed by atoms with Crippen molar-refractivity contribution in [1.82, 2.24) is 4.90 Å². The molecule has 0 bridgehead atoms. The summed E-state index contributed by atoms with van der Waals surface area (Å²) in [6, 6.07) is 17.2. The third kappa shape index (κ3) is 5.79. The van der Waals surface area contributed by atoms with Gasteiger partial charge < -0.3 is 11.1 Å². The maximum absolute atomic E-state index is 12.9. The molecular weight excluding hydrogens is 545 g/mol. The second kappa shape index (κ2) is 10.7. The van der Waals surface area contributed by atoms with E-state index in [1.54, 1.807) is 17.4 Å². The van der Waals surface area contributed by atoms with Gasteiger partial charge in [-0.05, 0) is 29.1 Å². The Hall–Kier alpha value is -2.37. The van der Waals surface area contributed by atoms with Gasteiger partial charge in [-0.15, -0.1) is 11.3 Å². The molecule has 0 atom stereocenters. The van der Waals surface area contributed by atoms with E-state index in [0.29, 0.717) is 16.9 Å². The van der Waals surface area contributed by atoms with Gasteiger partial charge in [0.25, 0.3) is 0 Å². The topological polar surface area (TPSA) is 131 Å². The van der Waals surface area contributed by atoms with E-state index in [0.717, 1.165) is 54.7 Å². The fourth-order valence-corrected chi connectivity index (χ4v) is 8.59. The molecule has 9 nitrogen and oxygen atoms in total. The fraction of sp³-hybridized carbons (Fsp3) is 0.346. The Kier molecular flexibility index (Phi) is 7.63. The van der Waals surface area contributed by atoms with Crippen molar-refractivity contribution >= 4 is 45.2 Å². The number of amides is 1. The van der Waals surface area contributed by atoms with Gasteiger partial charge in [0, 0.05) is 4.88 Å². The zero-order valence-corrected chi connectivity index (χ0v) is 23.7. The van der Waals surface area contributed by atoms with E-state index < -0.39 is 16.6 Å². The summed E-state index contributed by atoms with van der Waals surface area (Å²) in [5, 5.41) is 4.94. The van der Waals surface area contributed by atoms with Crippen LogP contribution in [-0.4, -0.2) is 56.7 Å². The molecule has 2 aliphatic heterocycles. The molecule has 3 heterocycles. The first-order valence-electron chi connectivity index (χ1n) is 12.3. The minimum absolute atomic E-state index is 0.196. The van der Waals surface area contributed by atoms with Crippen molar-refractivity contribution < 1.29 is 27.2 Å². The Morgan fingerprint density at radius 1 is 1.13 bits per heavy atom. The molecule has 2 aromatic carbocycles. The van der Waals surface area contributed by atoms with Gasteiger partial charge in [-0.2, -0.15) is 0 Å². The summed E-state index contributed by atoms with van der Waals surface area (Å²) >= 11 is 1.63. The van der Waals surface area contributed by atoms with Crippen LogP contribution in [0.5, 0.6) is 0 Å². The van der Waals surface area contributed by atoms with Gasteiger partial charge in [0.05, 0.1) is 11.4 Å². The van der Waals surface area contributed by atoms with Crippen LogP contribution in [0, 0.1) is 5.41 Å². The Bertz CT molecular complexity index is 1400. The van der Waals surface area contributed by atoms with Gasteiger partial charge in [0.2, 0.25) is 0 Å². The number of likely N-dealkylation sites (tertiary alicyclic amines) is 1. The van der Waals surface area contributed by atoms with Crippen LogP contribution in [0.2, 0.25) is 0 Å². The number of rotatable bonds is 6. The monoisotopic (exact) mass is 577 g/mol. The summed E-state index contributed by atoms with van der Waals surface area (Å²) in [6.07, 6.45) is 2.52. The maximum atomic E-state index is 12.9. The number of carbonyl (C=O) groups excluding carboxylic acids is 1. The van der Waals surface area contributed by atoms with Crippen LogP contribution >= 0.6 is 18.5 Å². The average molecular weight is 578 g/mol. The molecule has 0 radical (unpaired) electrons. The predicted octanol–water partition coefficient (Wildman–Crippen LogP) is 4.33. The summed E-state index contributed by atoms with van der Waals surface area (Å²) in [5.74, 6) is -0.221. The van der Waals surface area contributed by atoms with E-state index in [-0.39, 0.29) is 24.5 Å². The number of benzene rings is 2. The number of nitrogen functional groups attached to an aromatic ring is 1. The molecule has 1 amide bonds. The minimum atomic E-state index is -4.17. The Balaban J connectivity index is 1.15. The molecule has 1 aromatic heterocycles. The van der Waals surface area contributed by atoms with Crippen LogP contribution < -0.4 is 11.1 Å². The number of hydrogen-bond acceptors (Lipinski definition) is 9. The zero-order chi connectivity index (χ0) is 27.0. The SMILES string of the molecule is CS(=O)(=O)[PH]1(O)OCC2(CCN(Cc3ccc(C(=O)Nc4cc(-c5cccs5)ccc4N)cc3)CC2)CO1. The van der Waals surface area contributed by atoms with Crippen molar-refractivity contribution in [3.8, 4) is 10.4 Å². The predicted molar refractivity (Wildman–Crippen MR) is 153 cm³/mol. The zero-order valence-electron chi connectivity index (χ0n) is 21.1. The molecule has 2 fully saturated rings. The number of piperidine rings is 1. The molecule has 0 saturated carbocycles. The number of carbonyl (C=O) groups is 1. The molecular formula is C26H32N3O6PS2. The molecule has 2 aliphatic rings. The molecule has 0 unspecified atom stereocenters. The third-order valence-electron chi connectivity index (χ3n) is 7.24. The molecule has 3 aromatic rings. The number of thiophene rings is 1. The van der Waals surface area contributed by atoms with Crippen molar-refractivity contribution in [3.63, 3.8) is 0 Å². The van der Waals surface area contributed by atoms with Crippen LogP contribution in [0.3, 0.4) is 0 Å². The van der Waals surface area contributed by atoms with E-state index in [1.165, 1.54) is 0 Å². The summed E-state index contributed by atoms with van der Waals surface area (Å²) in [7, 11) is -7.93. The molecule has 38 heavy (non-hydrogen) atoms. The van der Waals surface area contributed by atoms with Crippen molar-refractivity contribution in [2.75, 3.05) is 43.6 Å². The number of nitrogens with two attached hydrogens (primary N) is 1. The Labute approximate surface area is 226 Å². The van der Waals surface area contributed by atoms with Crippen LogP contribution in [0.15, 0.2) is 60.0 Å². The van der Waals surface area contributed by atoms with Gasteiger partial charge in [0.1, 0.15) is 0 Å². The van der Waals surface area contributed by atoms with Crippen molar-refractivity contribution in [3.05, 3.63) is 71.1 Å². The Morgan fingerprint density at radius 2 is 1.82 bits per heavy atom. The first-order valence-corrected chi connectivity index (χ1v) is 17.6. The van der Waals surface area contributed by atoms with Crippen molar-refractivity contribution in [1.29, 1.82) is 0 Å². The summed E-state index contributed by atoms with van der Waals surface area (Å²) in [4.78, 5) is 26.6. The number of nitrogens with zero attached hydrogens (tertiary/aromatic N) is 1. The van der Waals surface area contributed by atoms with E-state index in [2.05, 4.69) is 10.2 Å². The van der Waals surface area contributed by atoms with Crippen molar-refractivity contribution in [2.45, 2.75) is 19.4 Å². The van der Waals surface area contributed by atoms with Crippen LogP contribution in [0.1, 0.15) is 28.8 Å². The summed E-state index contributed by atoms with van der Waals surface area (Å²) < 4.78 is 34.4. The second-order valence-corrected chi connectivity index (χ2v) is 18.0. The molecule has 1 spiro atoms. The normalized spacial score (nSPS) is 20.2. The van der Waals surface area contributed by atoms with Crippen LogP contribution in [0.4, 0.5) is 11.4 Å². The number of nitrogens with one attached hydrogen (secondary N) is 1. The van der Waals surface area contributed by atoms with Gasteiger partial charge in [-0.25, -0.2) is 0 Å². The molecule has 12 heteroatoms. The van der Waals surface area contributed by atoms with Gasteiger partial charge in [-0.1, -0.05) is 12.1 Å².